The number of alkyl halides is 1. The summed E-state index contributed by atoms with van der Waals surface area (Å²) in [5, 5.41) is 0. The van der Waals surface area contributed by atoms with Crippen LogP contribution in [-0.4, -0.2) is 58.0 Å². The van der Waals surface area contributed by atoms with Gasteiger partial charge in [0.05, 0.1) is 19.0 Å². The molecule has 3 heterocycles. The van der Waals surface area contributed by atoms with Gasteiger partial charge in [0.15, 0.2) is 17.7 Å². The third-order valence-electron chi connectivity index (χ3n) is 3.63. The van der Waals surface area contributed by atoms with E-state index in [9.17, 15) is 23.0 Å². The number of hydrogen-bond donors (Lipinski definition) is 5. The molecule has 168 valence electrons. The van der Waals surface area contributed by atoms with E-state index in [-0.39, 0.29) is 23.4 Å². The molecule has 0 amide bonds. The Kier molecular flexibility index (Phi) is 6.45. The second-order valence-corrected chi connectivity index (χ2v) is 10.3. The van der Waals surface area contributed by atoms with Crippen molar-refractivity contribution in [3.8, 4) is 0 Å². The molecule has 3 rings (SSSR count). The number of phosphoric acid groups is 3. The SMILES string of the molecule is Nc1ncnc2c1ncn2C1OC(COP(=O)(O)OP(=O)(O)OP(=O)(O)O)CC1F. The van der Waals surface area contributed by atoms with E-state index in [1.165, 1.54) is 10.9 Å². The molecule has 16 nitrogen and oxygen atoms in total. The van der Waals surface area contributed by atoms with Crippen LogP contribution < -0.4 is 5.73 Å². The Morgan fingerprint density at radius 3 is 2.53 bits per heavy atom. The van der Waals surface area contributed by atoms with Crippen LogP contribution in [-0.2, 0) is 31.6 Å². The molecule has 0 spiro atoms. The normalized spacial score (nSPS) is 26.5. The van der Waals surface area contributed by atoms with Crippen LogP contribution in [0.5, 0.6) is 0 Å². The average molecular weight is 493 g/mol. The highest BCUT2D eigenvalue weighted by atomic mass is 31.3. The fraction of sp³-hybridized carbons (Fsp3) is 0.500. The number of hydrogen-bond acceptors (Lipinski definition) is 11. The molecule has 5 atom stereocenters. The summed E-state index contributed by atoms with van der Waals surface area (Å²) >= 11 is 0. The van der Waals surface area contributed by atoms with E-state index >= 15 is 0 Å². The number of fused-ring (bicyclic) bond motifs is 1. The molecule has 1 fully saturated rings. The number of imidazole rings is 1. The molecule has 1 saturated heterocycles. The Labute approximate surface area is 166 Å². The molecule has 1 aliphatic rings. The summed E-state index contributed by atoms with van der Waals surface area (Å²) in [5.41, 5.74) is 6.05. The first-order chi connectivity index (χ1) is 13.8. The Hall–Kier alpha value is -1.35. The van der Waals surface area contributed by atoms with Gasteiger partial charge in [-0.2, -0.15) is 8.62 Å². The fourth-order valence-corrected chi connectivity index (χ4v) is 5.64. The zero-order valence-electron chi connectivity index (χ0n) is 14.5. The summed E-state index contributed by atoms with van der Waals surface area (Å²) in [6.45, 7) is -0.773. The highest BCUT2D eigenvalue weighted by molar-refractivity contribution is 7.66. The van der Waals surface area contributed by atoms with Gasteiger partial charge in [-0.3, -0.25) is 9.09 Å². The number of ether oxygens (including phenoxy) is 1. The zero-order chi connectivity index (χ0) is 22.3. The lowest BCUT2D eigenvalue weighted by atomic mass is 10.2. The van der Waals surface area contributed by atoms with E-state index in [1.807, 2.05) is 0 Å². The smallest absolute Gasteiger partial charge is 0.382 e. The van der Waals surface area contributed by atoms with E-state index in [2.05, 4.69) is 28.1 Å². The minimum Gasteiger partial charge on any atom is -0.382 e. The second kappa shape index (κ2) is 8.30. The predicted octanol–water partition coefficient (Wildman–Crippen LogP) is 0.377. The summed E-state index contributed by atoms with van der Waals surface area (Å²) in [4.78, 5) is 47.2. The van der Waals surface area contributed by atoms with Crippen molar-refractivity contribution in [3.63, 3.8) is 0 Å². The fourth-order valence-electron chi connectivity index (χ4n) is 2.59. The molecule has 0 radical (unpaired) electrons. The highest BCUT2D eigenvalue weighted by Crippen LogP contribution is 2.66. The number of phosphoric ester groups is 1. The molecule has 0 bridgehead atoms. The average Bonchev–Trinajstić information content (AvgIpc) is 3.13. The lowest BCUT2D eigenvalue weighted by molar-refractivity contribution is -0.0346. The number of nitrogens with two attached hydrogens (primary N) is 1. The van der Waals surface area contributed by atoms with Crippen molar-refractivity contribution in [2.24, 2.45) is 0 Å². The van der Waals surface area contributed by atoms with Gasteiger partial charge < -0.3 is 30.0 Å². The largest absolute Gasteiger partial charge is 0.490 e. The summed E-state index contributed by atoms with van der Waals surface area (Å²) in [6.07, 6.45) is -1.90. The van der Waals surface area contributed by atoms with Gasteiger partial charge in [0, 0.05) is 6.42 Å². The van der Waals surface area contributed by atoms with Crippen LogP contribution in [0, 0.1) is 0 Å². The van der Waals surface area contributed by atoms with Gasteiger partial charge in [0.2, 0.25) is 0 Å². The first-order valence-corrected chi connectivity index (χ1v) is 12.3. The summed E-state index contributed by atoms with van der Waals surface area (Å²) in [7, 11) is -16.5. The van der Waals surface area contributed by atoms with Gasteiger partial charge in [-0.25, -0.2) is 33.0 Å². The van der Waals surface area contributed by atoms with Crippen LogP contribution in [0.15, 0.2) is 12.7 Å². The Bertz CT molecular complexity index is 1080. The minimum atomic E-state index is -5.65. The first-order valence-electron chi connectivity index (χ1n) is 7.77. The second-order valence-electron chi connectivity index (χ2n) is 5.87. The van der Waals surface area contributed by atoms with Crippen LogP contribution in [0.1, 0.15) is 12.6 Å². The van der Waals surface area contributed by atoms with E-state index in [0.29, 0.717) is 0 Å². The van der Waals surface area contributed by atoms with Gasteiger partial charge in [-0.15, -0.1) is 0 Å². The Morgan fingerprint density at radius 2 is 1.87 bits per heavy atom. The van der Waals surface area contributed by atoms with Crippen LogP contribution in [0.2, 0.25) is 0 Å². The molecule has 0 aromatic carbocycles. The number of aromatic nitrogens is 4. The van der Waals surface area contributed by atoms with Crippen molar-refractivity contribution in [2.45, 2.75) is 24.9 Å². The molecule has 30 heavy (non-hydrogen) atoms. The first kappa shape index (κ1) is 23.3. The molecule has 6 N–H and O–H groups in total. The lowest BCUT2D eigenvalue weighted by Crippen LogP contribution is -2.17. The molecule has 0 saturated carbocycles. The summed E-state index contributed by atoms with van der Waals surface area (Å²) in [5.74, 6) is 0.0661. The maximum Gasteiger partial charge on any atom is 0.490 e. The molecule has 20 heteroatoms. The standard InChI is InChI=1S/C10H15FN5O11P3/c11-6-1-5(2-24-29(20,21)27-30(22,23)26-28(17,18)19)25-10(6)16-4-15-7-8(12)13-3-14-9(7)16/h3-6,10H,1-2H2,(H,20,21)(H,22,23)(H2,12,13,14)(H2,17,18,19). The Balaban J connectivity index is 1.63. The third kappa shape index (κ3) is 5.66. The molecular formula is C10H15FN5O11P3. The Morgan fingerprint density at radius 1 is 1.17 bits per heavy atom. The van der Waals surface area contributed by atoms with Crippen LogP contribution in [0.3, 0.4) is 0 Å². The molecule has 1 aliphatic heterocycles. The summed E-state index contributed by atoms with van der Waals surface area (Å²) in [6, 6.07) is 0. The maximum absolute atomic E-state index is 14.4. The van der Waals surface area contributed by atoms with Crippen LogP contribution in [0.25, 0.3) is 11.2 Å². The van der Waals surface area contributed by atoms with Crippen LogP contribution >= 0.6 is 23.5 Å². The van der Waals surface area contributed by atoms with E-state index in [4.69, 9.17) is 25.2 Å². The molecule has 0 aliphatic carbocycles. The highest BCUT2D eigenvalue weighted by Gasteiger charge is 2.43. The molecular weight excluding hydrogens is 478 g/mol. The number of nitrogens with zero attached hydrogens (tertiary/aromatic N) is 4. The van der Waals surface area contributed by atoms with Gasteiger partial charge in [-0.1, -0.05) is 0 Å². The lowest BCUT2D eigenvalue weighted by Gasteiger charge is -2.18. The number of rotatable bonds is 8. The topological polar surface area (TPSA) is 239 Å². The van der Waals surface area contributed by atoms with Crippen molar-refractivity contribution < 1.29 is 55.5 Å². The number of anilines is 1. The van der Waals surface area contributed by atoms with Crippen molar-refractivity contribution >= 4 is 40.4 Å². The predicted molar refractivity (Wildman–Crippen MR) is 93.0 cm³/mol. The van der Waals surface area contributed by atoms with Crippen molar-refractivity contribution in [1.82, 2.24) is 19.5 Å². The van der Waals surface area contributed by atoms with E-state index < -0.39 is 48.6 Å². The van der Waals surface area contributed by atoms with Gasteiger partial charge in [-0.05, 0) is 0 Å². The quantitative estimate of drug-likeness (QED) is 0.312. The molecule has 2 aromatic rings. The van der Waals surface area contributed by atoms with Crippen molar-refractivity contribution in [3.05, 3.63) is 12.7 Å². The maximum atomic E-state index is 14.4. The van der Waals surface area contributed by atoms with Gasteiger partial charge >= 0.3 is 23.5 Å². The van der Waals surface area contributed by atoms with Gasteiger partial charge in [0.25, 0.3) is 0 Å². The van der Waals surface area contributed by atoms with E-state index in [0.717, 1.165) is 6.33 Å². The minimum absolute atomic E-state index is 0.0661. The zero-order valence-corrected chi connectivity index (χ0v) is 17.2. The van der Waals surface area contributed by atoms with Crippen LogP contribution in [0.4, 0.5) is 10.2 Å². The molecule has 2 aromatic heterocycles. The molecule has 5 unspecified atom stereocenters. The van der Waals surface area contributed by atoms with Crippen molar-refractivity contribution in [1.29, 1.82) is 0 Å². The number of halogens is 1. The summed E-state index contributed by atoms with van der Waals surface area (Å²) < 4.78 is 66.3. The van der Waals surface area contributed by atoms with Crippen molar-refractivity contribution in [2.75, 3.05) is 12.3 Å². The number of nitrogen functional groups attached to an aromatic ring is 1. The van der Waals surface area contributed by atoms with E-state index in [1.54, 1.807) is 0 Å². The van der Waals surface area contributed by atoms with Gasteiger partial charge in [0.1, 0.15) is 18.0 Å². The third-order valence-corrected chi connectivity index (χ3v) is 7.43. The monoisotopic (exact) mass is 493 g/mol.